The number of benzene rings is 2. The molecule has 3 aromatic rings. The zero-order chi connectivity index (χ0) is 18.4. The van der Waals surface area contributed by atoms with Gasteiger partial charge in [-0.2, -0.15) is 5.10 Å². The molecule has 132 valence electrons. The van der Waals surface area contributed by atoms with Crippen LogP contribution in [0.2, 0.25) is 0 Å². The minimum Gasteiger partial charge on any atom is -0.324 e. The topological polar surface area (TPSA) is 49.0 Å². The van der Waals surface area contributed by atoms with Gasteiger partial charge in [0.1, 0.15) is 5.69 Å². The Bertz CT molecular complexity index is 952. The van der Waals surface area contributed by atoms with Gasteiger partial charge in [0.05, 0.1) is 11.7 Å². The van der Waals surface area contributed by atoms with Crippen LogP contribution in [0.4, 0.5) is 0 Å². The van der Waals surface area contributed by atoms with Crippen molar-refractivity contribution < 1.29 is 4.79 Å². The third kappa shape index (κ3) is 2.53. The highest BCUT2D eigenvalue weighted by Crippen LogP contribution is 2.43. The predicted molar refractivity (Wildman–Crippen MR) is 103 cm³/mol. The first-order valence-electron chi connectivity index (χ1n) is 9.02. The fourth-order valence-electron chi connectivity index (χ4n) is 3.71. The summed E-state index contributed by atoms with van der Waals surface area (Å²) in [5.41, 5.74) is 7.02. The summed E-state index contributed by atoms with van der Waals surface area (Å²) in [5.74, 6) is 0.0198. The third-order valence-corrected chi connectivity index (χ3v) is 5.08. The van der Waals surface area contributed by atoms with Gasteiger partial charge in [0.25, 0.3) is 5.91 Å². The maximum Gasteiger partial charge on any atom is 0.273 e. The van der Waals surface area contributed by atoms with Crippen LogP contribution in [0.25, 0.3) is 11.3 Å². The Morgan fingerprint density at radius 3 is 2.12 bits per heavy atom. The van der Waals surface area contributed by atoms with Gasteiger partial charge < -0.3 is 4.90 Å². The molecular weight excluding hydrogens is 322 g/mol. The van der Waals surface area contributed by atoms with Gasteiger partial charge in [-0.25, -0.2) is 0 Å². The monoisotopic (exact) mass is 345 g/mol. The molecule has 0 spiro atoms. The summed E-state index contributed by atoms with van der Waals surface area (Å²) in [6.45, 7) is 8.26. The lowest BCUT2D eigenvalue weighted by Crippen LogP contribution is -2.35. The summed E-state index contributed by atoms with van der Waals surface area (Å²) in [4.78, 5) is 15.0. The minimum atomic E-state index is -0.117. The number of aromatic nitrogens is 2. The average molecular weight is 345 g/mol. The molecule has 4 nitrogen and oxygen atoms in total. The molecule has 1 amide bonds. The molecule has 0 saturated carbocycles. The first kappa shape index (κ1) is 16.6. The van der Waals surface area contributed by atoms with E-state index in [-0.39, 0.29) is 18.0 Å². The molecule has 0 aliphatic carbocycles. The number of nitrogens with zero attached hydrogens (tertiary/aromatic N) is 2. The maximum absolute atomic E-state index is 13.0. The lowest BCUT2D eigenvalue weighted by Gasteiger charge is -2.30. The summed E-state index contributed by atoms with van der Waals surface area (Å²) in [6.07, 6.45) is 0. The Morgan fingerprint density at radius 1 is 0.962 bits per heavy atom. The van der Waals surface area contributed by atoms with Crippen molar-refractivity contribution in [2.45, 2.75) is 39.8 Å². The van der Waals surface area contributed by atoms with Gasteiger partial charge >= 0.3 is 0 Å². The van der Waals surface area contributed by atoms with Crippen LogP contribution in [0.5, 0.6) is 0 Å². The molecule has 1 N–H and O–H groups in total. The van der Waals surface area contributed by atoms with Gasteiger partial charge in [-0.15, -0.1) is 0 Å². The zero-order valence-corrected chi connectivity index (χ0v) is 15.6. The number of hydrogen-bond acceptors (Lipinski definition) is 2. The molecule has 1 aliphatic heterocycles. The fourth-order valence-corrected chi connectivity index (χ4v) is 3.71. The molecule has 0 fully saturated rings. The van der Waals surface area contributed by atoms with Crippen LogP contribution < -0.4 is 0 Å². The van der Waals surface area contributed by atoms with Crippen LogP contribution in [-0.4, -0.2) is 27.0 Å². The van der Waals surface area contributed by atoms with Crippen molar-refractivity contribution in [2.24, 2.45) is 0 Å². The van der Waals surface area contributed by atoms with Crippen molar-refractivity contribution in [1.82, 2.24) is 15.1 Å². The Kier molecular flexibility index (Phi) is 3.91. The summed E-state index contributed by atoms with van der Waals surface area (Å²) in [5, 5.41) is 7.51. The van der Waals surface area contributed by atoms with E-state index in [2.05, 4.69) is 86.4 Å². The van der Waals surface area contributed by atoms with E-state index in [1.807, 2.05) is 4.90 Å². The average Bonchev–Trinajstić information content (AvgIpc) is 3.16. The number of aryl methyl sites for hydroxylation is 2. The molecule has 1 aromatic heterocycles. The fraction of sp³-hybridized carbons (Fsp3) is 0.273. The SMILES string of the molecule is Cc1ccc(-c2n[nH]c3c2C(c2ccc(C)cc2)N(C(C)C)C3=O)cc1. The largest absolute Gasteiger partial charge is 0.324 e. The van der Waals surface area contributed by atoms with E-state index in [4.69, 9.17) is 0 Å². The van der Waals surface area contributed by atoms with E-state index in [1.54, 1.807) is 0 Å². The summed E-state index contributed by atoms with van der Waals surface area (Å²) < 4.78 is 0. The second kappa shape index (κ2) is 6.13. The molecule has 0 saturated heterocycles. The Balaban J connectivity index is 1.90. The van der Waals surface area contributed by atoms with E-state index >= 15 is 0 Å². The quantitative estimate of drug-likeness (QED) is 0.751. The van der Waals surface area contributed by atoms with E-state index in [0.29, 0.717) is 5.69 Å². The van der Waals surface area contributed by atoms with Gasteiger partial charge in [-0.1, -0.05) is 59.7 Å². The number of aromatic amines is 1. The first-order valence-corrected chi connectivity index (χ1v) is 9.02. The van der Waals surface area contributed by atoms with Gasteiger partial charge in [0, 0.05) is 17.2 Å². The summed E-state index contributed by atoms with van der Waals surface area (Å²) in [6, 6.07) is 16.7. The second-order valence-corrected chi connectivity index (χ2v) is 7.35. The van der Waals surface area contributed by atoms with Crippen molar-refractivity contribution in [3.8, 4) is 11.3 Å². The molecular formula is C22H23N3O. The smallest absolute Gasteiger partial charge is 0.273 e. The molecule has 4 rings (SSSR count). The number of nitrogens with one attached hydrogen (secondary N) is 1. The van der Waals surface area contributed by atoms with E-state index in [9.17, 15) is 4.79 Å². The molecule has 26 heavy (non-hydrogen) atoms. The number of hydrogen-bond donors (Lipinski definition) is 1. The number of carbonyl (C=O) groups is 1. The predicted octanol–water partition coefficient (Wildman–Crippen LogP) is 4.65. The van der Waals surface area contributed by atoms with Crippen LogP contribution in [0.1, 0.15) is 52.6 Å². The maximum atomic E-state index is 13.0. The van der Waals surface area contributed by atoms with Crippen molar-refractivity contribution in [3.05, 3.63) is 76.5 Å². The highest BCUT2D eigenvalue weighted by Gasteiger charge is 2.43. The second-order valence-electron chi connectivity index (χ2n) is 7.35. The Labute approximate surface area is 153 Å². The van der Waals surface area contributed by atoms with E-state index in [0.717, 1.165) is 22.4 Å². The Morgan fingerprint density at radius 2 is 1.54 bits per heavy atom. The van der Waals surface area contributed by atoms with Gasteiger partial charge in [-0.3, -0.25) is 9.89 Å². The van der Waals surface area contributed by atoms with Crippen LogP contribution in [0, 0.1) is 13.8 Å². The number of H-pyrrole nitrogens is 1. The molecule has 1 unspecified atom stereocenters. The van der Waals surface area contributed by atoms with Crippen LogP contribution in [0.3, 0.4) is 0 Å². The van der Waals surface area contributed by atoms with Crippen molar-refractivity contribution in [1.29, 1.82) is 0 Å². The Hall–Kier alpha value is -2.88. The van der Waals surface area contributed by atoms with Crippen molar-refractivity contribution in [2.75, 3.05) is 0 Å². The zero-order valence-electron chi connectivity index (χ0n) is 15.6. The normalized spacial score (nSPS) is 16.4. The number of rotatable bonds is 3. The molecule has 1 aliphatic rings. The van der Waals surface area contributed by atoms with Crippen molar-refractivity contribution in [3.63, 3.8) is 0 Å². The number of fused-ring (bicyclic) bond motifs is 1. The van der Waals surface area contributed by atoms with Gasteiger partial charge in [-0.05, 0) is 33.3 Å². The molecule has 2 aromatic carbocycles. The first-order chi connectivity index (χ1) is 12.5. The van der Waals surface area contributed by atoms with Gasteiger partial charge in [0.2, 0.25) is 0 Å². The molecule has 0 radical (unpaired) electrons. The number of amides is 1. The molecule has 0 bridgehead atoms. The van der Waals surface area contributed by atoms with Crippen LogP contribution in [-0.2, 0) is 0 Å². The highest BCUT2D eigenvalue weighted by atomic mass is 16.2. The third-order valence-electron chi connectivity index (χ3n) is 5.08. The van der Waals surface area contributed by atoms with Crippen LogP contribution >= 0.6 is 0 Å². The highest BCUT2D eigenvalue weighted by molar-refractivity contribution is 6.00. The lowest BCUT2D eigenvalue weighted by atomic mass is 9.95. The van der Waals surface area contributed by atoms with Crippen LogP contribution in [0.15, 0.2) is 48.5 Å². The number of carbonyl (C=O) groups excluding carboxylic acids is 1. The van der Waals surface area contributed by atoms with E-state index in [1.165, 1.54) is 11.1 Å². The van der Waals surface area contributed by atoms with Crippen molar-refractivity contribution >= 4 is 5.91 Å². The molecule has 1 atom stereocenters. The molecule has 2 heterocycles. The summed E-state index contributed by atoms with van der Waals surface area (Å²) >= 11 is 0. The van der Waals surface area contributed by atoms with E-state index < -0.39 is 0 Å². The molecule has 4 heteroatoms. The summed E-state index contributed by atoms with van der Waals surface area (Å²) in [7, 11) is 0. The standard InChI is InChI=1S/C22H23N3O/c1-13(2)25-21(17-11-7-15(4)8-12-17)18-19(23-24-20(18)22(25)26)16-9-5-14(3)6-10-16/h5-13,21H,1-4H3,(H,23,24). The lowest BCUT2D eigenvalue weighted by molar-refractivity contribution is 0.0688. The minimum absolute atomic E-state index is 0.0198. The van der Waals surface area contributed by atoms with Gasteiger partial charge in [0.15, 0.2) is 0 Å².